The molecule has 0 saturated carbocycles. The van der Waals surface area contributed by atoms with Gasteiger partial charge in [0, 0.05) is 38.9 Å². The Labute approximate surface area is 172 Å². The van der Waals surface area contributed by atoms with Gasteiger partial charge in [-0.2, -0.15) is 0 Å². The van der Waals surface area contributed by atoms with E-state index < -0.39 is 0 Å². The predicted molar refractivity (Wildman–Crippen MR) is 115 cm³/mol. The van der Waals surface area contributed by atoms with Crippen molar-refractivity contribution in [2.24, 2.45) is 0 Å². The van der Waals surface area contributed by atoms with E-state index in [0.717, 1.165) is 62.8 Å². The van der Waals surface area contributed by atoms with Crippen LogP contribution in [0.1, 0.15) is 17.5 Å². The minimum atomic E-state index is 0.135. The first-order valence-corrected chi connectivity index (χ1v) is 10.3. The number of morpholine rings is 1. The molecule has 6 heteroatoms. The highest BCUT2D eigenvalue weighted by molar-refractivity contribution is 6.02. The average Bonchev–Trinajstić information content (AvgIpc) is 2.93. The number of nitrogens with zero attached hydrogens (tertiary/aromatic N) is 2. The number of aryl methyl sites for hydroxylation is 2. The number of fused-ring (bicyclic) bond motifs is 2. The average molecular weight is 396 g/mol. The Morgan fingerprint density at radius 2 is 1.83 bits per heavy atom. The van der Waals surface area contributed by atoms with Crippen LogP contribution >= 0.6 is 0 Å². The topological polar surface area (TPSA) is 54.0 Å². The van der Waals surface area contributed by atoms with Gasteiger partial charge in [0.05, 0.1) is 24.6 Å². The molecule has 4 rings (SSSR count). The highest BCUT2D eigenvalue weighted by atomic mass is 16.5. The highest BCUT2D eigenvalue weighted by Gasteiger charge is 2.26. The Morgan fingerprint density at radius 3 is 2.62 bits per heavy atom. The maximum absolute atomic E-state index is 13.5. The van der Waals surface area contributed by atoms with Gasteiger partial charge in [-0.05, 0) is 42.2 Å². The molecule has 0 unspecified atom stereocenters. The highest BCUT2D eigenvalue weighted by Crippen LogP contribution is 2.38. The molecule has 154 valence electrons. The minimum absolute atomic E-state index is 0.135. The number of rotatable bonds is 6. The lowest BCUT2D eigenvalue weighted by Gasteiger charge is -2.29. The first kappa shape index (κ1) is 19.9. The van der Waals surface area contributed by atoms with Gasteiger partial charge in [-0.3, -0.25) is 14.6 Å². The molecule has 0 aromatic heterocycles. The maximum Gasteiger partial charge on any atom is 0.232 e. The first-order chi connectivity index (χ1) is 14.3. The number of para-hydroxylation sites is 1. The Bertz CT molecular complexity index is 849. The quantitative estimate of drug-likeness (QED) is 0.762. The van der Waals surface area contributed by atoms with Crippen LogP contribution in [0.15, 0.2) is 42.5 Å². The standard InChI is InChI=1S/C23H29N3O3/c1-28-17-24-20-9-8-19-7-6-18-4-2-3-5-21(18)26(22(19)16-20)23(27)10-11-25-12-14-29-15-13-25/h2-5,8-9,16,24H,6-7,10-15,17H2,1H3. The summed E-state index contributed by atoms with van der Waals surface area (Å²) in [5, 5.41) is 3.25. The van der Waals surface area contributed by atoms with Gasteiger partial charge in [0.1, 0.15) is 6.73 Å². The zero-order chi connectivity index (χ0) is 20.1. The van der Waals surface area contributed by atoms with Gasteiger partial charge >= 0.3 is 0 Å². The molecule has 0 radical (unpaired) electrons. The lowest BCUT2D eigenvalue weighted by Crippen LogP contribution is -2.39. The summed E-state index contributed by atoms with van der Waals surface area (Å²) >= 11 is 0. The summed E-state index contributed by atoms with van der Waals surface area (Å²) in [4.78, 5) is 17.7. The molecule has 2 aromatic rings. The number of amides is 1. The van der Waals surface area contributed by atoms with Crippen LogP contribution < -0.4 is 10.2 Å². The third-order valence-electron chi connectivity index (χ3n) is 5.64. The summed E-state index contributed by atoms with van der Waals surface area (Å²) in [5.41, 5.74) is 5.35. The molecule has 29 heavy (non-hydrogen) atoms. The summed E-state index contributed by atoms with van der Waals surface area (Å²) in [6, 6.07) is 14.5. The van der Waals surface area contributed by atoms with Gasteiger partial charge in [0.15, 0.2) is 0 Å². The molecule has 2 aromatic carbocycles. The normalized spacial score (nSPS) is 16.7. The van der Waals surface area contributed by atoms with Gasteiger partial charge < -0.3 is 14.8 Å². The van der Waals surface area contributed by atoms with Crippen LogP contribution in [0.4, 0.5) is 17.1 Å². The fourth-order valence-corrected chi connectivity index (χ4v) is 4.05. The second-order valence-corrected chi connectivity index (χ2v) is 7.52. The maximum atomic E-state index is 13.5. The molecule has 2 aliphatic rings. The molecule has 1 amide bonds. The van der Waals surface area contributed by atoms with E-state index in [0.29, 0.717) is 13.2 Å². The van der Waals surface area contributed by atoms with Crippen molar-refractivity contribution in [1.82, 2.24) is 4.90 Å². The Balaban J connectivity index is 1.63. The number of hydrogen-bond acceptors (Lipinski definition) is 5. The van der Waals surface area contributed by atoms with Gasteiger partial charge in [-0.1, -0.05) is 24.3 Å². The summed E-state index contributed by atoms with van der Waals surface area (Å²) in [7, 11) is 1.66. The number of nitrogens with one attached hydrogen (secondary N) is 1. The Kier molecular flexibility index (Phi) is 6.44. The lowest BCUT2D eigenvalue weighted by atomic mass is 10.0. The van der Waals surface area contributed by atoms with Crippen molar-refractivity contribution in [2.75, 3.05) is 56.9 Å². The molecular weight excluding hydrogens is 366 g/mol. The van der Waals surface area contributed by atoms with E-state index in [2.05, 4.69) is 46.6 Å². The number of methoxy groups -OCH3 is 1. The van der Waals surface area contributed by atoms with E-state index >= 15 is 0 Å². The predicted octanol–water partition coefficient (Wildman–Crippen LogP) is 3.19. The van der Waals surface area contributed by atoms with Crippen molar-refractivity contribution in [1.29, 1.82) is 0 Å². The van der Waals surface area contributed by atoms with Gasteiger partial charge in [-0.25, -0.2) is 0 Å². The zero-order valence-electron chi connectivity index (χ0n) is 17.0. The lowest BCUT2D eigenvalue weighted by molar-refractivity contribution is -0.118. The fraction of sp³-hybridized carbons (Fsp3) is 0.435. The molecule has 1 N–H and O–H groups in total. The first-order valence-electron chi connectivity index (χ1n) is 10.3. The van der Waals surface area contributed by atoms with E-state index in [1.165, 1.54) is 11.1 Å². The van der Waals surface area contributed by atoms with E-state index in [1.807, 2.05) is 11.0 Å². The molecular formula is C23H29N3O3. The van der Waals surface area contributed by atoms with Crippen LogP contribution in [-0.4, -0.2) is 57.5 Å². The molecule has 0 atom stereocenters. The zero-order valence-corrected chi connectivity index (χ0v) is 17.0. The van der Waals surface area contributed by atoms with Crippen LogP contribution in [-0.2, 0) is 27.1 Å². The molecule has 1 saturated heterocycles. The van der Waals surface area contributed by atoms with E-state index in [9.17, 15) is 4.79 Å². The number of carbonyl (C=O) groups excluding carboxylic acids is 1. The summed E-state index contributed by atoms with van der Waals surface area (Å²) in [6.07, 6.45) is 2.34. The van der Waals surface area contributed by atoms with Crippen LogP contribution in [0, 0.1) is 0 Å². The number of hydrogen-bond donors (Lipinski definition) is 1. The molecule has 2 aliphatic heterocycles. The Morgan fingerprint density at radius 1 is 1.07 bits per heavy atom. The summed E-state index contributed by atoms with van der Waals surface area (Å²) in [6.45, 7) is 4.48. The van der Waals surface area contributed by atoms with Crippen molar-refractivity contribution >= 4 is 23.0 Å². The number of benzene rings is 2. The van der Waals surface area contributed by atoms with E-state index in [4.69, 9.17) is 9.47 Å². The van der Waals surface area contributed by atoms with E-state index in [-0.39, 0.29) is 5.91 Å². The minimum Gasteiger partial charge on any atom is -0.379 e. The van der Waals surface area contributed by atoms with Gasteiger partial charge in [0.2, 0.25) is 5.91 Å². The largest absolute Gasteiger partial charge is 0.379 e. The van der Waals surface area contributed by atoms with Crippen molar-refractivity contribution in [2.45, 2.75) is 19.3 Å². The van der Waals surface area contributed by atoms with Crippen molar-refractivity contribution in [3.63, 3.8) is 0 Å². The molecule has 0 aliphatic carbocycles. The fourth-order valence-electron chi connectivity index (χ4n) is 4.05. The molecule has 1 fully saturated rings. The monoisotopic (exact) mass is 395 g/mol. The Hall–Kier alpha value is -2.41. The van der Waals surface area contributed by atoms with Gasteiger partial charge in [-0.15, -0.1) is 0 Å². The SMILES string of the molecule is COCNc1ccc2c(c1)N(C(=O)CCN1CCOCC1)c1ccccc1CC2. The van der Waals surface area contributed by atoms with Crippen molar-refractivity contribution in [3.8, 4) is 0 Å². The molecule has 6 nitrogen and oxygen atoms in total. The van der Waals surface area contributed by atoms with Crippen molar-refractivity contribution < 1.29 is 14.3 Å². The van der Waals surface area contributed by atoms with Crippen LogP contribution in [0.3, 0.4) is 0 Å². The third-order valence-corrected chi connectivity index (χ3v) is 5.64. The second kappa shape index (κ2) is 9.39. The smallest absolute Gasteiger partial charge is 0.232 e. The molecule has 2 heterocycles. The third kappa shape index (κ3) is 4.61. The molecule has 0 bridgehead atoms. The van der Waals surface area contributed by atoms with Crippen LogP contribution in [0.5, 0.6) is 0 Å². The van der Waals surface area contributed by atoms with Crippen LogP contribution in [0.25, 0.3) is 0 Å². The summed E-state index contributed by atoms with van der Waals surface area (Å²) in [5.74, 6) is 0.135. The molecule has 0 spiro atoms. The number of ether oxygens (including phenoxy) is 2. The van der Waals surface area contributed by atoms with Gasteiger partial charge in [0.25, 0.3) is 0 Å². The second-order valence-electron chi connectivity index (χ2n) is 7.52. The van der Waals surface area contributed by atoms with E-state index in [1.54, 1.807) is 7.11 Å². The number of anilines is 3. The van der Waals surface area contributed by atoms with Crippen LogP contribution in [0.2, 0.25) is 0 Å². The van der Waals surface area contributed by atoms with Crippen molar-refractivity contribution in [3.05, 3.63) is 53.6 Å². The summed E-state index contributed by atoms with van der Waals surface area (Å²) < 4.78 is 10.6. The number of carbonyl (C=O) groups is 1.